The molecular formula is C10H15ClN4O. The van der Waals surface area contributed by atoms with E-state index in [1.54, 1.807) is 0 Å². The van der Waals surface area contributed by atoms with Gasteiger partial charge in [-0.2, -0.15) is 0 Å². The number of hydrogen-bond acceptors (Lipinski definition) is 5. The summed E-state index contributed by atoms with van der Waals surface area (Å²) in [4.78, 5) is 9.98. The molecule has 2 heterocycles. The molecule has 1 aromatic heterocycles. The first kappa shape index (κ1) is 11.4. The van der Waals surface area contributed by atoms with Crippen molar-refractivity contribution in [3.63, 3.8) is 0 Å². The van der Waals surface area contributed by atoms with Crippen molar-refractivity contribution in [2.75, 3.05) is 23.7 Å². The first-order chi connectivity index (χ1) is 7.49. The highest BCUT2D eigenvalue weighted by atomic mass is 35.5. The van der Waals surface area contributed by atoms with Crippen molar-refractivity contribution in [2.24, 2.45) is 0 Å². The van der Waals surface area contributed by atoms with E-state index in [1.165, 1.54) is 6.33 Å². The Morgan fingerprint density at radius 2 is 2.06 bits per heavy atom. The lowest BCUT2D eigenvalue weighted by atomic mass is 9.94. The first-order valence-corrected chi connectivity index (χ1v) is 5.61. The predicted octanol–water partition coefficient (Wildman–Crippen LogP) is 1.06. The van der Waals surface area contributed by atoms with Gasteiger partial charge in [0.2, 0.25) is 0 Å². The summed E-state index contributed by atoms with van der Waals surface area (Å²) < 4.78 is 0. The van der Waals surface area contributed by atoms with E-state index in [2.05, 4.69) is 9.97 Å². The van der Waals surface area contributed by atoms with Crippen molar-refractivity contribution >= 4 is 23.2 Å². The molecule has 0 aromatic carbocycles. The molecule has 88 valence electrons. The van der Waals surface area contributed by atoms with Gasteiger partial charge in [0.1, 0.15) is 17.2 Å². The Balaban J connectivity index is 2.17. The zero-order valence-corrected chi connectivity index (χ0v) is 9.91. The lowest BCUT2D eigenvalue weighted by molar-refractivity contribution is 0.0350. The average Bonchev–Trinajstić information content (AvgIpc) is 2.23. The van der Waals surface area contributed by atoms with Crippen LogP contribution in [0, 0.1) is 0 Å². The molecule has 1 aromatic rings. The first-order valence-electron chi connectivity index (χ1n) is 5.23. The van der Waals surface area contributed by atoms with E-state index in [4.69, 9.17) is 17.3 Å². The Hall–Kier alpha value is -1.07. The second-order valence-electron chi connectivity index (χ2n) is 4.38. The minimum atomic E-state index is -0.582. The van der Waals surface area contributed by atoms with E-state index in [0.717, 1.165) is 13.1 Å². The van der Waals surface area contributed by atoms with Gasteiger partial charge in [0.05, 0.1) is 5.60 Å². The van der Waals surface area contributed by atoms with E-state index < -0.39 is 5.60 Å². The van der Waals surface area contributed by atoms with Crippen LogP contribution in [0.15, 0.2) is 6.33 Å². The summed E-state index contributed by atoms with van der Waals surface area (Å²) in [5.41, 5.74) is 5.04. The van der Waals surface area contributed by atoms with Gasteiger partial charge in [-0.25, -0.2) is 9.97 Å². The van der Waals surface area contributed by atoms with Gasteiger partial charge in [0.15, 0.2) is 5.82 Å². The maximum absolute atomic E-state index is 9.85. The number of rotatable bonds is 1. The molecule has 0 saturated carbocycles. The molecule has 1 saturated heterocycles. The smallest absolute Gasteiger partial charge is 0.153 e. The van der Waals surface area contributed by atoms with Crippen LogP contribution < -0.4 is 10.6 Å². The van der Waals surface area contributed by atoms with Gasteiger partial charge in [-0.05, 0) is 19.8 Å². The summed E-state index contributed by atoms with van der Waals surface area (Å²) in [7, 11) is 0. The predicted molar refractivity (Wildman–Crippen MR) is 63.5 cm³/mol. The third-order valence-electron chi connectivity index (χ3n) is 2.94. The SMILES string of the molecule is CC1(O)CCN(c2ncnc(N)c2Cl)CC1. The molecule has 0 spiro atoms. The lowest BCUT2D eigenvalue weighted by Crippen LogP contribution is -2.42. The van der Waals surface area contributed by atoms with E-state index in [9.17, 15) is 5.11 Å². The Kier molecular flexibility index (Phi) is 2.90. The molecule has 0 amide bonds. The third kappa shape index (κ3) is 2.20. The number of nitrogens with two attached hydrogens (primary N) is 1. The topological polar surface area (TPSA) is 75.3 Å². The molecule has 0 atom stereocenters. The summed E-state index contributed by atoms with van der Waals surface area (Å²) >= 11 is 6.04. The molecule has 1 aliphatic heterocycles. The third-order valence-corrected chi connectivity index (χ3v) is 3.30. The van der Waals surface area contributed by atoms with Gasteiger partial charge < -0.3 is 15.7 Å². The van der Waals surface area contributed by atoms with Crippen LogP contribution in [-0.2, 0) is 0 Å². The highest BCUT2D eigenvalue weighted by molar-refractivity contribution is 6.35. The maximum atomic E-state index is 9.85. The fraction of sp³-hybridized carbons (Fsp3) is 0.600. The van der Waals surface area contributed by atoms with Gasteiger partial charge in [-0.3, -0.25) is 0 Å². The molecule has 5 nitrogen and oxygen atoms in total. The molecule has 1 fully saturated rings. The van der Waals surface area contributed by atoms with Crippen LogP contribution >= 0.6 is 11.6 Å². The minimum absolute atomic E-state index is 0.295. The van der Waals surface area contributed by atoms with Gasteiger partial charge >= 0.3 is 0 Å². The highest BCUT2D eigenvalue weighted by Crippen LogP contribution is 2.31. The number of aliphatic hydroxyl groups is 1. The average molecular weight is 243 g/mol. The fourth-order valence-corrected chi connectivity index (χ4v) is 2.01. The molecular weight excluding hydrogens is 228 g/mol. The van der Waals surface area contributed by atoms with Gasteiger partial charge in [-0.15, -0.1) is 0 Å². The normalized spacial score (nSPS) is 19.8. The summed E-state index contributed by atoms with van der Waals surface area (Å²) in [5, 5.41) is 10.2. The summed E-state index contributed by atoms with van der Waals surface area (Å²) in [6, 6.07) is 0. The molecule has 0 radical (unpaired) electrons. The van der Waals surface area contributed by atoms with Crippen LogP contribution in [0.5, 0.6) is 0 Å². The van der Waals surface area contributed by atoms with Crippen LogP contribution in [0.3, 0.4) is 0 Å². The van der Waals surface area contributed by atoms with Crippen LogP contribution in [0.4, 0.5) is 11.6 Å². The zero-order chi connectivity index (χ0) is 11.8. The Bertz CT molecular complexity index is 386. The largest absolute Gasteiger partial charge is 0.390 e. The van der Waals surface area contributed by atoms with Gasteiger partial charge in [0.25, 0.3) is 0 Å². The lowest BCUT2D eigenvalue weighted by Gasteiger charge is -2.36. The van der Waals surface area contributed by atoms with Crippen molar-refractivity contribution in [1.29, 1.82) is 0 Å². The number of nitrogen functional groups attached to an aromatic ring is 1. The monoisotopic (exact) mass is 242 g/mol. The zero-order valence-electron chi connectivity index (χ0n) is 9.15. The molecule has 6 heteroatoms. The fourth-order valence-electron chi connectivity index (χ4n) is 1.79. The van der Waals surface area contributed by atoms with Crippen molar-refractivity contribution in [3.8, 4) is 0 Å². The van der Waals surface area contributed by atoms with Crippen molar-refractivity contribution in [3.05, 3.63) is 11.3 Å². The standard InChI is InChI=1S/C10H15ClN4O/c1-10(16)2-4-15(5-3-10)9-7(11)8(12)13-6-14-9/h6,16H,2-5H2,1H3,(H2,12,13,14). The van der Waals surface area contributed by atoms with Crippen molar-refractivity contribution in [2.45, 2.75) is 25.4 Å². The molecule has 0 aliphatic carbocycles. The van der Waals surface area contributed by atoms with Crippen LogP contribution in [-0.4, -0.2) is 33.8 Å². The quantitative estimate of drug-likeness (QED) is 0.770. The van der Waals surface area contributed by atoms with Gasteiger partial charge in [0, 0.05) is 13.1 Å². The van der Waals surface area contributed by atoms with Crippen LogP contribution in [0.2, 0.25) is 5.02 Å². The molecule has 0 bridgehead atoms. The second kappa shape index (κ2) is 4.07. The maximum Gasteiger partial charge on any atom is 0.153 e. The van der Waals surface area contributed by atoms with Crippen LogP contribution in [0.25, 0.3) is 0 Å². The molecule has 1 aliphatic rings. The number of anilines is 2. The van der Waals surface area contributed by atoms with E-state index in [-0.39, 0.29) is 0 Å². The Labute approximate surface area is 99.3 Å². The Morgan fingerprint density at radius 1 is 1.44 bits per heavy atom. The number of aromatic nitrogens is 2. The molecule has 16 heavy (non-hydrogen) atoms. The van der Waals surface area contributed by atoms with E-state index in [0.29, 0.717) is 29.5 Å². The molecule has 0 unspecified atom stereocenters. The number of halogens is 1. The van der Waals surface area contributed by atoms with Crippen LogP contribution in [0.1, 0.15) is 19.8 Å². The summed E-state index contributed by atoms with van der Waals surface area (Å²) in [6.45, 7) is 3.30. The van der Waals surface area contributed by atoms with E-state index in [1.807, 2.05) is 11.8 Å². The number of nitrogens with zero attached hydrogens (tertiary/aromatic N) is 3. The molecule has 2 rings (SSSR count). The Morgan fingerprint density at radius 3 is 2.69 bits per heavy atom. The van der Waals surface area contributed by atoms with Crippen molar-refractivity contribution in [1.82, 2.24) is 9.97 Å². The van der Waals surface area contributed by atoms with Crippen molar-refractivity contribution < 1.29 is 5.11 Å². The summed E-state index contributed by atoms with van der Waals surface area (Å²) in [5.74, 6) is 0.952. The molecule has 3 N–H and O–H groups in total. The van der Waals surface area contributed by atoms with E-state index >= 15 is 0 Å². The minimum Gasteiger partial charge on any atom is -0.390 e. The number of hydrogen-bond donors (Lipinski definition) is 2. The second-order valence-corrected chi connectivity index (χ2v) is 4.76. The van der Waals surface area contributed by atoms with Gasteiger partial charge in [-0.1, -0.05) is 11.6 Å². The number of piperidine rings is 1. The highest BCUT2D eigenvalue weighted by Gasteiger charge is 2.29. The summed E-state index contributed by atoms with van der Waals surface area (Å²) in [6.07, 6.45) is 2.81.